The van der Waals surface area contributed by atoms with Crippen molar-refractivity contribution in [3.8, 4) is 0 Å². The minimum atomic E-state index is 0.672. The first kappa shape index (κ1) is 9.29. The maximum atomic E-state index is 5.53. The fourth-order valence-electron chi connectivity index (χ4n) is 0.566. The zero-order valence-electron chi connectivity index (χ0n) is 6.21. The molecule has 62 valence electrons. The summed E-state index contributed by atoms with van der Waals surface area (Å²) in [5, 5.41) is 0. The molecule has 0 amide bonds. The predicted molar refractivity (Wildman–Crippen MR) is 50.7 cm³/mol. The lowest BCUT2D eigenvalue weighted by molar-refractivity contribution is 0.972. The van der Waals surface area contributed by atoms with Gasteiger partial charge in [-0.1, -0.05) is 18.7 Å². The molecular weight excluding hydrogens is 200 g/mol. The molecule has 1 aromatic heterocycles. The van der Waals surface area contributed by atoms with Crippen LogP contribution in [0.2, 0.25) is 0 Å². The Hall–Kier alpha value is 0.200. The third-order valence-electron chi connectivity index (χ3n) is 1.07. The van der Waals surface area contributed by atoms with E-state index in [-0.39, 0.29) is 0 Å². The average Bonchev–Trinajstić information content (AvgIpc) is 2.48. The zero-order chi connectivity index (χ0) is 8.10. The van der Waals surface area contributed by atoms with E-state index in [0.717, 1.165) is 22.3 Å². The van der Waals surface area contributed by atoms with Gasteiger partial charge in [0.1, 0.15) is 5.82 Å². The van der Waals surface area contributed by atoms with Gasteiger partial charge in [-0.15, -0.1) is 11.6 Å². The van der Waals surface area contributed by atoms with Crippen molar-refractivity contribution < 1.29 is 0 Å². The maximum absolute atomic E-state index is 5.53. The first-order valence-electron chi connectivity index (χ1n) is 3.38. The largest absolute Gasteiger partial charge is 0.213 e. The molecule has 0 saturated heterocycles. The predicted octanol–water partition coefficient (Wildman–Crippen LogP) is 2.43. The number of halogens is 1. The molecule has 0 aliphatic carbocycles. The first-order valence-corrected chi connectivity index (χ1v) is 5.67. The fraction of sp³-hybridized carbons (Fsp3) is 0.667. The summed E-state index contributed by atoms with van der Waals surface area (Å²) in [6.45, 7) is 2.05. The van der Waals surface area contributed by atoms with E-state index < -0.39 is 0 Å². The van der Waals surface area contributed by atoms with Gasteiger partial charge in [-0.3, -0.25) is 0 Å². The van der Waals surface area contributed by atoms with Crippen molar-refractivity contribution in [2.45, 2.75) is 17.7 Å². The molecule has 1 rings (SSSR count). The number of aryl methyl sites for hydroxylation is 1. The van der Waals surface area contributed by atoms with Crippen LogP contribution >= 0.6 is 34.9 Å². The molecule has 0 atom stereocenters. The molecule has 5 heteroatoms. The van der Waals surface area contributed by atoms with Crippen molar-refractivity contribution in [3.05, 3.63) is 5.82 Å². The summed E-state index contributed by atoms with van der Waals surface area (Å²) in [6.07, 6.45) is 0.915. The maximum Gasteiger partial charge on any atom is 0.170 e. The van der Waals surface area contributed by atoms with Crippen LogP contribution < -0.4 is 0 Å². The average molecular weight is 209 g/mol. The topological polar surface area (TPSA) is 25.8 Å². The molecule has 0 bridgehead atoms. The van der Waals surface area contributed by atoms with Crippen molar-refractivity contribution >= 4 is 34.9 Å². The van der Waals surface area contributed by atoms with Gasteiger partial charge in [-0.25, -0.2) is 4.98 Å². The molecule has 0 aromatic carbocycles. The molecule has 0 saturated carbocycles. The van der Waals surface area contributed by atoms with Crippen LogP contribution in [0.15, 0.2) is 4.34 Å². The number of thioether (sulfide) groups is 1. The van der Waals surface area contributed by atoms with E-state index in [9.17, 15) is 0 Å². The van der Waals surface area contributed by atoms with Crippen molar-refractivity contribution in [1.29, 1.82) is 0 Å². The van der Waals surface area contributed by atoms with E-state index in [2.05, 4.69) is 16.3 Å². The number of rotatable bonds is 4. The van der Waals surface area contributed by atoms with Crippen molar-refractivity contribution in [2.24, 2.45) is 0 Å². The van der Waals surface area contributed by atoms with Gasteiger partial charge in [-0.05, 0) is 11.5 Å². The number of hydrogen-bond acceptors (Lipinski definition) is 4. The summed E-state index contributed by atoms with van der Waals surface area (Å²) in [4.78, 5) is 4.28. The SMILES string of the molecule is CCc1nsc(SCCCl)n1. The fourth-order valence-corrected chi connectivity index (χ4v) is 2.29. The Morgan fingerprint density at radius 1 is 1.64 bits per heavy atom. The monoisotopic (exact) mass is 208 g/mol. The summed E-state index contributed by atoms with van der Waals surface area (Å²) in [6, 6.07) is 0. The Morgan fingerprint density at radius 2 is 2.45 bits per heavy atom. The highest BCUT2D eigenvalue weighted by Crippen LogP contribution is 2.19. The second-order valence-electron chi connectivity index (χ2n) is 1.87. The van der Waals surface area contributed by atoms with Crippen LogP contribution in [0.5, 0.6) is 0 Å². The molecule has 0 fully saturated rings. The lowest BCUT2D eigenvalue weighted by Gasteiger charge is -1.88. The van der Waals surface area contributed by atoms with Crippen LogP contribution in [0.1, 0.15) is 12.7 Å². The standard InChI is InChI=1S/C6H9ClN2S2/c1-2-5-8-6(11-9-5)10-4-3-7/h2-4H2,1H3. The van der Waals surface area contributed by atoms with Crippen LogP contribution in [0.25, 0.3) is 0 Å². The number of nitrogens with zero attached hydrogens (tertiary/aromatic N) is 2. The van der Waals surface area contributed by atoms with E-state index in [0.29, 0.717) is 5.88 Å². The lowest BCUT2D eigenvalue weighted by Crippen LogP contribution is -1.82. The smallest absolute Gasteiger partial charge is 0.170 e. The highest BCUT2D eigenvalue weighted by molar-refractivity contribution is 8.01. The summed E-state index contributed by atoms with van der Waals surface area (Å²) in [7, 11) is 0. The molecule has 1 aromatic rings. The van der Waals surface area contributed by atoms with Gasteiger partial charge < -0.3 is 0 Å². The molecular formula is C6H9ClN2S2. The third-order valence-corrected chi connectivity index (χ3v) is 3.35. The molecule has 1 heterocycles. The van der Waals surface area contributed by atoms with E-state index in [1.807, 2.05) is 0 Å². The van der Waals surface area contributed by atoms with Crippen molar-refractivity contribution in [3.63, 3.8) is 0 Å². The molecule has 0 spiro atoms. The van der Waals surface area contributed by atoms with E-state index in [1.165, 1.54) is 11.5 Å². The quantitative estimate of drug-likeness (QED) is 0.562. The minimum Gasteiger partial charge on any atom is -0.213 e. The van der Waals surface area contributed by atoms with Gasteiger partial charge >= 0.3 is 0 Å². The molecule has 0 N–H and O–H groups in total. The second kappa shape index (κ2) is 4.95. The molecule has 11 heavy (non-hydrogen) atoms. The van der Waals surface area contributed by atoms with Gasteiger partial charge in [0.15, 0.2) is 4.34 Å². The van der Waals surface area contributed by atoms with E-state index in [4.69, 9.17) is 11.6 Å². The van der Waals surface area contributed by atoms with E-state index in [1.54, 1.807) is 11.8 Å². The van der Waals surface area contributed by atoms with E-state index >= 15 is 0 Å². The third kappa shape index (κ3) is 2.97. The van der Waals surface area contributed by atoms with Crippen LogP contribution in [0.4, 0.5) is 0 Å². The molecule has 0 aliphatic heterocycles. The Morgan fingerprint density at radius 3 is 3.00 bits per heavy atom. The van der Waals surface area contributed by atoms with Gasteiger partial charge in [0.2, 0.25) is 0 Å². The van der Waals surface area contributed by atoms with Gasteiger partial charge in [0, 0.05) is 18.1 Å². The summed E-state index contributed by atoms with van der Waals surface area (Å²) < 4.78 is 5.18. The van der Waals surface area contributed by atoms with Gasteiger partial charge in [-0.2, -0.15) is 4.37 Å². The van der Waals surface area contributed by atoms with Gasteiger partial charge in [0.05, 0.1) is 0 Å². The first-order chi connectivity index (χ1) is 5.36. The number of aromatic nitrogens is 2. The molecule has 0 aliphatic rings. The second-order valence-corrected chi connectivity index (χ2v) is 4.34. The summed E-state index contributed by atoms with van der Waals surface area (Å²) in [5.41, 5.74) is 0. The highest BCUT2D eigenvalue weighted by Gasteiger charge is 2.00. The Balaban J connectivity index is 2.44. The normalized spacial score (nSPS) is 10.4. The molecule has 2 nitrogen and oxygen atoms in total. The minimum absolute atomic E-state index is 0.672. The van der Waals surface area contributed by atoms with Crippen LogP contribution in [-0.2, 0) is 6.42 Å². The summed E-state index contributed by atoms with van der Waals surface area (Å²) in [5.74, 6) is 2.53. The molecule has 0 radical (unpaired) electrons. The van der Waals surface area contributed by atoms with Crippen LogP contribution in [-0.4, -0.2) is 21.0 Å². The highest BCUT2D eigenvalue weighted by atomic mass is 35.5. The lowest BCUT2D eigenvalue weighted by atomic mass is 10.5. The Labute approximate surface area is 79.5 Å². The van der Waals surface area contributed by atoms with Crippen LogP contribution in [0.3, 0.4) is 0 Å². The van der Waals surface area contributed by atoms with Crippen LogP contribution in [0, 0.1) is 0 Å². The Bertz CT molecular complexity index is 214. The summed E-state index contributed by atoms with van der Waals surface area (Å²) >= 11 is 8.65. The number of hydrogen-bond donors (Lipinski definition) is 0. The van der Waals surface area contributed by atoms with Gasteiger partial charge in [0.25, 0.3) is 0 Å². The number of alkyl halides is 1. The Kier molecular flexibility index (Phi) is 4.18. The van der Waals surface area contributed by atoms with Crippen molar-refractivity contribution in [1.82, 2.24) is 9.36 Å². The molecule has 0 unspecified atom stereocenters. The van der Waals surface area contributed by atoms with Crippen molar-refractivity contribution in [2.75, 3.05) is 11.6 Å². The zero-order valence-corrected chi connectivity index (χ0v) is 8.60.